The van der Waals surface area contributed by atoms with E-state index >= 15 is 0 Å². The summed E-state index contributed by atoms with van der Waals surface area (Å²) in [6, 6.07) is 7.66. The average molecular weight is 347 g/mol. The zero-order valence-electron chi connectivity index (χ0n) is 9.66. The number of nitrogens with two attached hydrogens (primary N) is 1. The van der Waals surface area contributed by atoms with E-state index in [1.807, 2.05) is 29.6 Å². The summed E-state index contributed by atoms with van der Waals surface area (Å²) in [6.45, 7) is 1.14. The van der Waals surface area contributed by atoms with Crippen LogP contribution in [0.25, 0.3) is 0 Å². The molecule has 0 atom stereocenters. The molecule has 0 fully saturated rings. The molecule has 2 aromatic rings. The monoisotopic (exact) mass is 345 g/mol. The van der Waals surface area contributed by atoms with Gasteiger partial charge in [-0.3, -0.25) is 0 Å². The molecule has 1 heterocycles. The smallest absolute Gasteiger partial charge is 0.124 e. The zero-order valence-corrected chi connectivity index (χ0v) is 12.8. The summed E-state index contributed by atoms with van der Waals surface area (Å²) in [6.07, 6.45) is 0.765. The van der Waals surface area contributed by atoms with E-state index < -0.39 is 0 Å². The minimum atomic E-state index is 0.553. The lowest BCUT2D eigenvalue weighted by Gasteiger charge is -2.11. The van der Waals surface area contributed by atoms with Gasteiger partial charge in [-0.2, -0.15) is 0 Å². The van der Waals surface area contributed by atoms with Gasteiger partial charge in [-0.25, -0.2) is 0 Å². The molecule has 0 amide bonds. The third kappa shape index (κ3) is 3.48. The fourth-order valence-corrected chi connectivity index (χ4v) is 3.18. The van der Waals surface area contributed by atoms with Gasteiger partial charge >= 0.3 is 0 Å². The van der Waals surface area contributed by atoms with Crippen molar-refractivity contribution in [3.63, 3.8) is 0 Å². The Morgan fingerprint density at radius 3 is 2.83 bits per heavy atom. The highest BCUT2D eigenvalue weighted by Gasteiger charge is 2.07. The second-order valence-electron chi connectivity index (χ2n) is 3.77. The summed E-state index contributed by atoms with van der Waals surface area (Å²) < 4.78 is 6.92. The minimum absolute atomic E-state index is 0.553. The molecule has 96 valence electrons. The first kappa shape index (κ1) is 13.9. The van der Waals surface area contributed by atoms with Crippen LogP contribution in [0.1, 0.15) is 10.4 Å². The standard InChI is InChI=1S/C13H13BrClNOS/c14-11-4-6-18-13(11)8-17-12-2-1-10(15)7-9(12)3-5-16/h1-2,4,6-7H,3,5,8,16H2. The van der Waals surface area contributed by atoms with Crippen LogP contribution < -0.4 is 10.5 Å². The van der Waals surface area contributed by atoms with Crippen molar-refractivity contribution >= 4 is 38.9 Å². The van der Waals surface area contributed by atoms with Crippen LogP contribution >= 0.6 is 38.9 Å². The van der Waals surface area contributed by atoms with Gasteiger partial charge in [-0.1, -0.05) is 11.6 Å². The fourth-order valence-electron chi connectivity index (χ4n) is 1.61. The van der Waals surface area contributed by atoms with Crippen LogP contribution in [0.5, 0.6) is 5.75 Å². The van der Waals surface area contributed by atoms with Crippen LogP contribution in [0.15, 0.2) is 34.1 Å². The molecule has 1 aromatic heterocycles. The Labute approximate surface area is 124 Å². The van der Waals surface area contributed by atoms with Gasteiger partial charge in [0, 0.05) is 9.50 Å². The van der Waals surface area contributed by atoms with Gasteiger partial charge in [-0.05, 0) is 64.1 Å². The van der Waals surface area contributed by atoms with Crippen molar-refractivity contribution in [3.8, 4) is 5.75 Å². The van der Waals surface area contributed by atoms with E-state index in [1.54, 1.807) is 11.3 Å². The van der Waals surface area contributed by atoms with Crippen molar-refractivity contribution in [2.75, 3.05) is 6.54 Å². The van der Waals surface area contributed by atoms with E-state index in [0.29, 0.717) is 18.2 Å². The number of ether oxygens (including phenoxy) is 1. The Morgan fingerprint density at radius 1 is 1.33 bits per heavy atom. The first-order valence-corrected chi connectivity index (χ1v) is 7.59. The molecule has 0 unspecified atom stereocenters. The number of hydrogen-bond acceptors (Lipinski definition) is 3. The number of halogens is 2. The van der Waals surface area contributed by atoms with Crippen LogP contribution in [-0.2, 0) is 13.0 Å². The predicted molar refractivity (Wildman–Crippen MR) is 80.6 cm³/mol. The maximum atomic E-state index is 5.98. The van der Waals surface area contributed by atoms with E-state index in [1.165, 1.54) is 4.88 Å². The summed E-state index contributed by atoms with van der Waals surface area (Å²) in [5.41, 5.74) is 6.64. The second kappa shape index (κ2) is 6.57. The Kier molecular flexibility index (Phi) is 5.06. The highest BCUT2D eigenvalue weighted by atomic mass is 79.9. The maximum absolute atomic E-state index is 5.98. The molecule has 0 bridgehead atoms. The van der Waals surface area contributed by atoms with Crippen LogP contribution in [0.2, 0.25) is 5.02 Å². The molecular formula is C13H13BrClNOS. The van der Waals surface area contributed by atoms with Gasteiger partial charge in [0.25, 0.3) is 0 Å². The summed E-state index contributed by atoms with van der Waals surface area (Å²) in [4.78, 5) is 1.17. The molecule has 0 spiro atoms. The van der Waals surface area contributed by atoms with E-state index in [0.717, 1.165) is 22.2 Å². The van der Waals surface area contributed by atoms with Gasteiger partial charge in [0.05, 0.1) is 4.88 Å². The molecule has 0 saturated heterocycles. The minimum Gasteiger partial charge on any atom is -0.488 e. The predicted octanol–water partition coefficient (Wildman–Crippen LogP) is 4.24. The molecule has 1 aromatic carbocycles. The van der Waals surface area contributed by atoms with Gasteiger partial charge in [0.2, 0.25) is 0 Å². The van der Waals surface area contributed by atoms with Crippen molar-refractivity contribution in [1.29, 1.82) is 0 Å². The van der Waals surface area contributed by atoms with Crippen molar-refractivity contribution < 1.29 is 4.74 Å². The normalized spacial score (nSPS) is 10.6. The summed E-state index contributed by atoms with van der Waals surface area (Å²) >= 11 is 11.1. The van der Waals surface area contributed by atoms with Crippen LogP contribution in [0.4, 0.5) is 0 Å². The highest BCUT2D eigenvalue weighted by Crippen LogP contribution is 2.27. The van der Waals surface area contributed by atoms with Gasteiger partial charge in [0.1, 0.15) is 12.4 Å². The summed E-state index contributed by atoms with van der Waals surface area (Å²) in [5.74, 6) is 0.852. The molecule has 0 aliphatic carbocycles. The van der Waals surface area contributed by atoms with Gasteiger partial charge < -0.3 is 10.5 Å². The SMILES string of the molecule is NCCc1cc(Cl)ccc1OCc1sccc1Br. The molecule has 0 aliphatic heterocycles. The molecule has 18 heavy (non-hydrogen) atoms. The zero-order chi connectivity index (χ0) is 13.0. The molecular weight excluding hydrogens is 334 g/mol. The average Bonchev–Trinajstić information content (AvgIpc) is 2.74. The Morgan fingerprint density at radius 2 is 2.17 bits per heavy atom. The molecule has 0 saturated carbocycles. The molecule has 2 rings (SSSR count). The highest BCUT2D eigenvalue weighted by molar-refractivity contribution is 9.10. The van der Waals surface area contributed by atoms with Crippen molar-refractivity contribution in [1.82, 2.24) is 0 Å². The summed E-state index contributed by atoms with van der Waals surface area (Å²) in [5, 5.41) is 2.74. The molecule has 2 nitrogen and oxygen atoms in total. The van der Waals surface area contributed by atoms with E-state index in [9.17, 15) is 0 Å². The van der Waals surface area contributed by atoms with E-state index in [4.69, 9.17) is 22.1 Å². The maximum Gasteiger partial charge on any atom is 0.124 e. The number of benzene rings is 1. The van der Waals surface area contributed by atoms with Crippen molar-refractivity contribution in [3.05, 3.63) is 49.6 Å². The Bertz CT molecular complexity index is 529. The number of rotatable bonds is 5. The quantitative estimate of drug-likeness (QED) is 0.878. The topological polar surface area (TPSA) is 35.2 Å². The Hall–Kier alpha value is -0.550. The molecule has 0 aliphatic rings. The van der Waals surface area contributed by atoms with E-state index in [-0.39, 0.29) is 0 Å². The molecule has 0 radical (unpaired) electrons. The van der Waals surface area contributed by atoms with Crippen LogP contribution in [-0.4, -0.2) is 6.54 Å². The third-order valence-corrected chi connectivity index (χ3v) is 4.62. The Balaban J connectivity index is 2.11. The van der Waals surface area contributed by atoms with Crippen molar-refractivity contribution in [2.45, 2.75) is 13.0 Å². The first-order chi connectivity index (χ1) is 8.70. The lowest BCUT2D eigenvalue weighted by Crippen LogP contribution is -2.05. The largest absolute Gasteiger partial charge is 0.488 e. The lowest BCUT2D eigenvalue weighted by atomic mass is 10.1. The number of thiophene rings is 1. The van der Waals surface area contributed by atoms with Gasteiger partial charge in [0.15, 0.2) is 0 Å². The van der Waals surface area contributed by atoms with Crippen LogP contribution in [0, 0.1) is 0 Å². The van der Waals surface area contributed by atoms with Crippen molar-refractivity contribution in [2.24, 2.45) is 5.73 Å². The van der Waals surface area contributed by atoms with E-state index in [2.05, 4.69) is 15.9 Å². The van der Waals surface area contributed by atoms with Gasteiger partial charge in [-0.15, -0.1) is 11.3 Å². The number of hydrogen-bond donors (Lipinski definition) is 1. The molecule has 5 heteroatoms. The lowest BCUT2D eigenvalue weighted by molar-refractivity contribution is 0.306. The molecule has 2 N–H and O–H groups in total. The first-order valence-electron chi connectivity index (χ1n) is 5.54. The van der Waals surface area contributed by atoms with Crippen LogP contribution in [0.3, 0.4) is 0 Å². The third-order valence-electron chi connectivity index (χ3n) is 2.49. The second-order valence-corrected chi connectivity index (χ2v) is 6.06. The summed E-state index contributed by atoms with van der Waals surface area (Å²) in [7, 11) is 0. The fraction of sp³-hybridized carbons (Fsp3) is 0.231.